The Morgan fingerprint density at radius 2 is 2.28 bits per heavy atom. The van der Waals surface area contributed by atoms with Crippen molar-refractivity contribution in [3.05, 3.63) is 5.51 Å². The molecule has 1 aromatic rings. The van der Waals surface area contributed by atoms with Crippen LogP contribution in [0, 0.1) is 17.2 Å². The van der Waals surface area contributed by atoms with Gasteiger partial charge in [0.15, 0.2) is 4.34 Å². The minimum Gasteiger partial charge on any atom is -0.337 e. The summed E-state index contributed by atoms with van der Waals surface area (Å²) in [5.41, 5.74) is 0.785. The lowest BCUT2D eigenvalue weighted by molar-refractivity contribution is -0.121. The molecule has 0 aliphatic heterocycles. The number of amides is 1. The number of rotatable bonds is 5. The van der Waals surface area contributed by atoms with Gasteiger partial charge in [-0.1, -0.05) is 36.9 Å². The second kappa shape index (κ2) is 6.16. The Morgan fingerprint density at radius 1 is 1.61 bits per heavy atom. The number of carbonyl (C=O) groups excluding carboxylic acids is 1. The molecule has 0 bridgehead atoms. The van der Waals surface area contributed by atoms with Crippen LogP contribution in [-0.4, -0.2) is 26.9 Å². The standard InChI is InChI=1S/C11H16N4OS2/c1-7(2)11(4,5-12)14-9(16)8(3)18-10-15-13-6-17-10/h6-8H,1-4H3,(H,14,16)/t8-,11+/m0/s1. The SMILES string of the molecule is CC(C)[C@@](C)(C#N)NC(=O)[C@H](C)Sc1nncs1. The molecule has 0 saturated carbocycles. The van der Waals surface area contributed by atoms with Crippen LogP contribution in [0.4, 0.5) is 0 Å². The number of thioether (sulfide) groups is 1. The Kier molecular flexibility index (Phi) is 5.11. The van der Waals surface area contributed by atoms with Crippen LogP contribution in [0.3, 0.4) is 0 Å². The van der Waals surface area contributed by atoms with Crippen LogP contribution >= 0.6 is 23.1 Å². The maximum atomic E-state index is 12.0. The molecule has 1 amide bonds. The Hall–Kier alpha value is -1.13. The third-order valence-corrected chi connectivity index (χ3v) is 4.67. The lowest BCUT2D eigenvalue weighted by Crippen LogP contribution is -2.51. The smallest absolute Gasteiger partial charge is 0.234 e. The molecule has 1 rings (SSSR count). The molecule has 1 aromatic heterocycles. The fourth-order valence-electron chi connectivity index (χ4n) is 1.08. The molecule has 5 nitrogen and oxygen atoms in total. The minimum atomic E-state index is -0.840. The monoisotopic (exact) mass is 284 g/mol. The number of carbonyl (C=O) groups is 1. The maximum Gasteiger partial charge on any atom is 0.234 e. The molecule has 2 atom stereocenters. The zero-order valence-corrected chi connectivity index (χ0v) is 12.4. The molecule has 0 aliphatic carbocycles. The number of hydrogen-bond acceptors (Lipinski definition) is 6. The van der Waals surface area contributed by atoms with Gasteiger partial charge in [-0.15, -0.1) is 10.2 Å². The van der Waals surface area contributed by atoms with E-state index in [0.29, 0.717) is 0 Å². The van der Waals surface area contributed by atoms with Gasteiger partial charge in [-0.2, -0.15) is 5.26 Å². The van der Waals surface area contributed by atoms with Crippen LogP contribution in [-0.2, 0) is 4.79 Å². The molecule has 0 aliphatic rings. The van der Waals surface area contributed by atoms with E-state index < -0.39 is 5.54 Å². The number of nitriles is 1. The molecule has 0 spiro atoms. The van der Waals surface area contributed by atoms with E-state index in [1.54, 1.807) is 19.4 Å². The average molecular weight is 284 g/mol. The van der Waals surface area contributed by atoms with Crippen LogP contribution in [0.5, 0.6) is 0 Å². The Labute approximate surface area is 115 Å². The van der Waals surface area contributed by atoms with Gasteiger partial charge in [0, 0.05) is 0 Å². The van der Waals surface area contributed by atoms with E-state index in [1.165, 1.54) is 23.1 Å². The second-order valence-electron chi connectivity index (χ2n) is 4.42. The highest BCUT2D eigenvalue weighted by molar-refractivity contribution is 8.02. The summed E-state index contributed by atoms with van der Waals surface area (Å²) in [6.45, 7) is 7.34. The van der Waals surface area contributed by atoms with Crippen LogP contribution in [0.15, 0.2) is 9.85 Å². The van der Waals surface area contributed by atoms with Crippen molar-refractivity contribution in [2.24, 2.45) is 5.92 Å². The van der Waals surface area contributed by atoms with Crippen molar-refractivity contribution in [2.45, 2.75) is 42.8 Å². The van der Waals surface area contributed by atoms with E-state index in [-0.39, 0.29) is 17.1 Å². The fourth-order valence-corrected chi connectivity index (χ4v) is 2.70. The van der Waals surface area contributed by atoms with Crippen LogP contribution < -0.4 is 5.32 Å². The van der Waals surface area contributed by atoms with Crippen molar-refractivity contribution in [3.63, 3.8) is 0 Å². The van der Waals surface area contributed by atoms with Crippen molar-refractivity contribution >= 4 is 29.0 Å². The van der Waals surface area contributed by atoms with E-state index in [9.17, 15) is 4.79 Å². The molecule has 18 heavy (non-hydrogen) atoms. The van der Waals surface area contributed by atoms with Gasteiger partial charge < -0.3 is 5.32 Å². The predicted octanol–water partition coefficient (Wildman–Crippen LogP) is 2.07. The maximum absolute atomic E-state index is 12.0. The molecule has 98 valence electrons. The highest BCUT2D eigenvalue weighted by Crippen LogP contribution is 2.25. The molecule has 0 radical (unpaired) electrons. The summed E-state index contributed by atoms with van der Waals surface area (Å²) in [7, 11) is 0. The fraction of sp³-hybridized carbons (Fsp3) is 0.636. The van der Waals surface area contributed by atoms with Crippen LogP contribution in [0.2, 0.25) is 0 Å². The van der Waals surface area contributed by atoms with E-state index >= 15 is 0 Å². The van der Waals surface area contributed by atoms with Gasteiger partial charge in [-0.3, -0.25) is 4.79 Å². The lowest BCUT2D eigenvalue weighted by atomic mass is 9.90. The number of aromatic nitrogens is 2. The zero-order valence-electron chi connectivity index (χ0n) is 10.8. The first-order valence-corrected chi connectivity index (χ1v) is 7.31. The highest BCUT2D eigenvalue weighted by atomic mass is 32.2. The third kappa shape index (κ3) is 3.68. The molecule has 7 heteroatoms. The first-order chi connectivity index (χ1) is 8.39. The number of nitrogens with one attached hydrogen (secondary N) is 1. The molecule has 0 saturated heterocycles. The van der Waals surface area contributed by atoms with E-state index in [2.05, 4.69) is 21.6 Å². The first-order valence-electron chi connectivity index (χ1n) is 5.55. The number of nitrogens with zero attached hydrogens (tertiary/aromatic N) is 3. The molecular weight excluding hydrogens is 268 g/mol. The minimum absolute atomic E-state index is 0.0465. The van der Waals surface area contributed by atoms with Gasteiger partial charge in [0.2, 0.25) is 5.91 Å². The van der Waals surface area contributed by atoms with Crippen LogP contribution in [0.1, 0.15) is 27.7 Å². The van der Waals surface area contributed by atoms with E-state index in [4.69, 9.17) is 5.26 Å². The third-order valence-electron chi connectivity index (χ3n) is 2.76. The topological polar surface area (TPSA) is 78.7 Å². The van der Waals surface area contributed by atoms with E-state index in [0.717, 1.165) is 4.34 Å². The summed E-state index contributed by atoms with van der Waals surface area (Å²) in [5.74, 6) is -0.113. The molecule has 0 fully saturated rings. The second-order valence-corrected chi connectivity index (χ2v) is 6.84. The van der Waals surface area contributed by atoms with Gasteiger partial charge in [0.25, 0.3) is 0 Å². The summed E-state index contributed by atoms with van der Waals surface area (Å²) >= 11 is 2.74. The quantitative estimate of drug-likeness (QED) is 0.837. The van der Waals surface area contributed by atoms with Gasteiger partial charge in [-0.25, -0.2) is 0 Å². The first kappa shape index (κ1) is 14.9. The summed E-state index contributed by atoms with van der Waals surface area (Å²) in [4.78, 5) is 12.0. The normalized spacial score (nSPS) is 15.8. The van der Waals surface area contributed by atoms with Crippen molar-refractivity contribution in [1.82, 2.24) is 15.5 Å². The molecule has 0 unspecified atom stereocenters. The summed E-state index contributed by atoms with van der Waals surface area (Å²) in [6, 6.07) is 2.16. The lowest BCUT2D eigenvalue weighted by Gasteiger charge is -2.28. The van der Waals surface area contributed by atoms with E-state index in [1.807, 2.05) is 13.8 Å². The van der Waals surface area contributed by atoms with Gasteiger partial charge in [-0.05, 0) is 19.8 Å². The number of hydrogen-bond donors (Lipinski definition) is 1. The largest absolute Gasteiger partial charge is 0.337 e. The summed E-state index contributed by atoms with van der Waals surface area (Å²) < 4.78 is 0.751. The molecule has 0 aromatic carbocycles. The van der Waals surface area contributed by atoms with Crippen molar-refractivity contribution in [1.29, 1.82) is 5.26 Å². The molecule has 1 N–H and O–H groups in total. The van der Waals surface area contributed by atoms with Crippen LogP contribution in [0.25, 0.3) is 0 Å². The van der Waals surface area contributed by atoms with Crippen molar-refractivity contribution in [2.75, 3.05) is 0 Å². The summed E-state index contributed by atoms with van der Waals surface area (Å²) in [6.07, 6.45) is 0. The highest BCUT2D eigenvalue weighted by Gasteiger charge is 2.31. The Morgan fingerprint density at radius 3 is 2.72 bits per heavy atom. The predicted molar refractivity (Wildman–Crippen MR) is 72.2 cm³/mol. The molecular formula is C11H16N4OS2. The van der Waals surface area contributed by atoms with Crippen molar-refractivity contribution < 1.29 is 4.79 Å². The Bertz CT molecular complexity index is 440. The summed E-state index contributed by atoms with van der Waals surface area (Å²) in [5, 5.41) is 19.2. The molecule has 1 heterocycles. The average Bonchev–Trinajstić information content (AvgIpc) is 2.81. The van der Waals surface area contributed by atoms with Gasteiger partial charge in [0.05, 0.1) is 11.3 Å². The van der Waals surface area contributed by atoms with Crippen molar-refractivity contribution in [3.8, 4) is 6.07 Å². The van der Waals surface area contributed by atoms with Gasteiger partial charge in [0.1, 0.15) is 11.0 Å². The van der Waals surface area contributed by atoms with Gasteiger partial charge >= 0.3 is 0 Å². The zero-order chi connectivity index (χ0) is 13.8. The Balaban J connectivity index is 2.63.